The van der Waals surface area contributed by atoms with Crippen molar-refractivity contribution in [3.8, 4) is 5.69 Å². The predicted octanol–water partition coefficient (Wildman–Crippen LogP) is 0.946. The molecular weight excluding hydrogens is 294 g/mol. The Kier molecular flexibility index (Phi) is 3.34. The van der Waals surface area contributed by atoms with E-state index >= 15 is 0 Å². The standard InChI is InChI=1S/C15H15N7O/c23-15(20-8-6-13(11-20)21-9-7-16-19-21)14-10-17-22(18-14)12-4-2-1-3-5-12/h1-5,7,9-10,13H,6,8,11H2/t13-/m0/s1. The van der Waals surface area contributed by atoms with Crippen LogP contribution in [0.1, 0.15) is 23.0 Å². The molecule has 4 rings (SSSR count). The van der Waals surface area contributed by atoms with Crippen LogP contribution < -0.4 is 0 Å². The Morgan fingerprint density at radius 1 is 1.22 bits per heavy atom. The highest BCUT2D eigenvalue weighted by Crippen LogP contribution is 2.21. The number of hydrogen-bond donors (Lipinski definition) is 0. The van der Waals surface area contributed by atoms with Crippen LogP contribution in [-0.2, 0) is 0 Å². The van der Waals surface area contributed by atoms with Crippen molar-refractivity contribution >= 4 is 5.91 Å². The predicted molar refractivity (Wildman–Crippen MR) is 80.9 cm³/mol. The van der Waals surface area contributed by atoms with Crippen LogP contribution in [0, 0.1) is 0 Å². The van der Waals surface area contributed by atoms with Crippen molar-refractivity contribution in [1.82, 2.24) is 34.9 Å². The summed E-state index contributed by atoms with van der Waals surface area (Å²) < 4.78 is 1.80. The van der Waals surface area contributed by atoms with Crippen LogP contribution in [0.4, 0.5) is 0 Å². The second-order valence-electron chi connectivity index (χ2n) is 5.43. The minimum absolute atomic E-state index is 0.102. The monoisotopic (exact) mass is 309 g/mol. The molecule has 0 N–H and O–H groups in total. The van der Waals surface area contributed by atoms with Crippen molar-refractivity contribution in [1.29, 1.82) is 0 Å². The average Bonchev–Trinajstić information content (AvgIpc) is 3.35. The van der Waals surface area contributed by atoms with Crippen LogP contribution in [0.15, 0.2) is 48.9 Å². The van der Waals surface area contributed by atoms with Crippen LogP contribution in [0.5, 0.6) is 0 Å². The summed E-state index contributed by atoms with van der Waals surface area (Å²) >= 11 is 0. The molecule has 1 saturated heterocycles. The molecule has 1 amide bonds. The first-order chi connectivity index (χ1) is 11.3. The number of rotatable bonds is 3. The summed E-state index contributed by atoms with van der Waals surface area (Å²) in [6, 6.07) is 9.70. The van der Waals surface area contributed by atoms with Gasteiger partial charge in [-0.15, -0.1) is 10.2 Å². The molecule has 1 aliphatic rings. The number of nitrogens with zero attached hydrogens (tertiary/aromatic N) is 7. The van der Waals surface area contributed by atoms with E-state index in [4.69, 9.17) is 0 Å². The lowest BCUT2D eigenvalue weighted by molar-refractivity contribution is 0.0780. The zero-order chi connectivity index (χ0) is 15.6. The molecule has 0 radical (unpaired) electrons. The zero-order valence-corrected chi connectivity index (χ0v) is 12.4. The lowest BCUT2D eigenvalue weighted by Gasteiger charge is -2.14. The van der Waals surface area contributed by atoms with Gasteiger partial charge in [-0.1, -0.05) is 23.4 Å². The van der Waals surface area contributed by atoms with Crippen LogP contribution in [-0.4, -0.2) is 53.9 Å². The minimum atomic E-state index is -0.102. The molecule has 0 aliphatic carbocycles. The highest BCUT2D eigenvalue weighted by atomic mass is 16.2. The molecule has 23 heavy (non-hydrogen) atoms. The molecule has 2 aromatic heterocycles. The summed E-state index contributed by atoms with van der Waals surface area (Å²) in [5.41, 5.74) is 1.18. The number of amides is 1. The number of carbonyl (C=O) groups excluding carboxylic acids is 1. The van der Waals surface area contributed by atoms with Gasteiger partial charge >= 0.3 is 0 Å². The fourth-order valence-electron chi connectivity index (χ4n) is 2.76. The van der Waals surface area contributed by atoms with Gasteiger partial charge in [0.15, 0.2) is 5.69 Å². The lowest BCUT2D eigenvalue weighted by atomic mass is 10.3. The van der Waals surface area contributed by atoms with E-state index in [0.717, 1.165) is 12.1 Å². The molecular formula is C15H15N7O. The fraction of sp³-hybridized carbons (Fsp3) is 0.267. The summed E-state index contributed by atoms with van der Waals surface area (Å²) in [5, 5.41) is 16.3. The number of carbonyl (C=O) groups is 1. The van der Waals surface area contributed by atoms with Gasteiger partial charge in [0.2, 0.25) is 0 Å². The molecule has 1 aliphatic heterocycles. The topological polar surface area (TPSA) is 81.7 Å². The number of aromatic nitrogens is 6. The van der Waals surface area contributed by atoms with Crippen LogP contribution in [0.2, 0.25) is 0 Å². The van der Waals surface area contributed by atoms with E-state index in [2.05, 4.69) is 20.5 Å². The van der Waals surface area contributed by atoms with Crippen LogP contribution >= 0.6 is 0 Å². The van der Waals surface area contributed by atoms with Gasteiger partial charge in [-0.3, -0.25) is 4.79 Å². The summed E-state index contributed by atoms with van der Waals surface area (Å²) in [6.45, 7) is 1.29. The number of benzene rings is 1. The normalized spacial score (nSPS) is 17.6. The van der Waals surface area contributed by atoms with Gasteiger partial charge in [-0.25, -0.2) is 4.68 Å². The fourth-order valence-corrected chi connectivity index (χ4v) is 2.76. The lowest BCUT2D eigenvalue weighted by Crippen LogP contribution is -2.29. The minimum Gasteiger partial charge on any atom is -0.335 e. The van der Waals surface area contributed by atoms with E-state index < -0.39 is 0 Å². The SMILES string of the molecule is O=C(c1cnn(-c2ccccc2)n1)N1CC[C@H](n2ccnn2)C1. The van der Waals surface area contributed by atoms with Gasteiger partial charge in [0, 0.05) is 19.3 Å². The van der Waals surface area contributed by atoms with Crippen molar-refractivity contribution < 1.29 is 4.79 Å². The Morgan fingerprint density at radius 2 is 2.09 bits per heavy atom. The van der Waals surface area contributed by atoms with Crippen molar-refractivity contribution in [3.05, 3.63) is 54.6 Å². The van der Waals surface area contributed by atoms with Gasteiger partial charge in [0.1, 0.15) is 0 Å². The first-order valence-electron chi connectivity index (χ1n) is 7.44. The highest BCUT2D eigenvalue weighted by Gasteiger charge is 2.29. The van der Waals surface area contributed by atoms with Gasteiger partial charge in [-0.05, 0) is 18.6 Å². The maximum Gasteiger partial charge on any atom is 0.276 e. The molecule has 1 aromatic carbocycles. The Labute approximate surface area is 132 Å². The second kappa shape index (κ2) is 5.64. The molecule has 116 valence electrons. The Hall–Kier alpha value is -3.03. The molecule has 3 heterocycles. The summed E-state index contributed by atoms with van der Waals surface area (Å²) in [7, 11) is 0. The Balaban J connectivity index is 1.49. The van der Waals surface area contributed by atoms with Crippen LogP contribution in [0.25, 0.3) is 5.69 Å². The number of likely N-dealkylation sites (tertiary alicyclic amines) is 1. The van der Waals surface area contributed by atoms with Gasteiger partial charge < -0.3 is 4.90 Å². The molecule has 0 spiro atoms. The maximum atomic E-state index is 12.6. The third-order valence-electron chi connectivity index (χ3n) is 3.96. The summed E-state index contributed by atoms with van der Waals surface area (Å²) in [4.78, 5) is 15.8. The third-order valence-corrected chi connectivity index (χ3v) is 3.96. The molecule has 1 atom stereocenters. The third kappa shape index (κ3) is 2.59. The largest absolute Gasteiger partial charge is 0.335 e. The van der Waals surface area contributed by atoms with E-state index in [1.807, 2.05) is 36.5 Å². The number of para-hydroxylation sites is 1. The highest BCUT2D eigenvalue weighted by molar-refractivity contribution is 5.92. The molecule has 0 bridgehead atoms. The maximum absolute atomic E-state index is 12.6. The molecule has 8 heteroatoms. The molecule has 0 saturated carbocycles. The average molecular weight is 309 g/mol. The first kappa shape index (κ1) is 13.6. The van der Waals surface area contributed by atoms with Crippen LogP contribution in [0.3, 0.4) is 0 Å². The van der Waals surface area contributed by atoms with E-state index in [0.29, 0.717) is 18.8 Å². The smallest absolute Gasteiger partial charge is 0.276 e. The first-order valence-corrected chi connectivity index (χ1v) is 7.44. The van der Waals surface area contributed by atoms with Crippen molar-refractivity contribution in [2.75, 3.05) is 13.1 Å². The summed E-state index contributed by atoms with van der Waals surface area (Å²) in [5.74, 6) is -0.102. The Morgan fingerprint density at radius 3 is 2.87 bits per heavy atom. The molecule has 1 fully saturated rings. The Bertz CT molecular complexity index is 796. The molecule has 0 unspecified atom stereocenters. The van der Waals surface area contributed by atoms with Gasteiger partial charge in [0.25, 0.3) is 5.91 Å². The van der Waals surface area contributed by atoms with E-state index in [9.17, 15) is 4.79 Å². The quantitative estimate of drug-likeness (QED) is 0.719. The van der Waals surface area contributed by atoms with Gasteiger partial charge in [-0.2, -0.15) is 9.90 Å². The van der Waals surface area contributed by atoms with Crippen molar-refractivity contribution in [3.63, 3.8) is 0 Å². The van der Waals surface area contributed by atoms with E-state index in [-0.39, 0.29) is 11.9 Å². The number of hydrogen-bond acceptors (Lipinski definition) is 5. The van der Waals surface area contributed by atoms with E-state index in [1.165, 1.54) is 11.0 Å². The van der Waals surface area contributed by atoms with Crippen molar-refractivity contribution in [2.45, 2.75) is 12.5 Å². The van der Waals surface area contributed by atoms with E-state index in [1.54, 1.807) is 15.8 Å². The van der Waals surface area contributed by atoms with Crippen molar-refractivity contribution in [2.24, 2.45) is 0 Å². The molecule has 3 aromatic rings. The molecule has 8 nitrogen and oxygen atoms in total. The van der Waals surface area contributed by atoms with Gasteiger partial charge in [0.05, 0.1) is 24.1 Å². The second-order valence-corrected chi connectivity index (χ2v) is 5.43. The zero-order valence-electron chi connectivity index (χ0n) is 12.4. The summed E-state index contributed by atoms with van der Waals surface area (Å²) in [6.07, 6.45) is 5.85.